The van der Waals surface area contributed by atoms with Gasteiger partial charge in [0, 0.05) is 18.5 Å². The van der Waals surface area contributed by atoms with Crippen molar-refractivity contribution in [2.45, 2.75) is 44.6 Å². The monoisotopic (exact) mass is 352 g/mol. The number of aromatic nitrogens is 2. The highest BCUT2D eigenvalue weighted by atomic mass is 32.2. The van der Waals surface area contributed by atoms with Crippen molar-refractivity contribution in [1.82, 2.24) is 14.9 Å². The molecule has 0 saturated heterocycles. The molecular weight excluding hydrogens is 332 g/mol. The molecule has 9 heteroatoms. The number of benzene rings is 1. The molecule has 1 atom stereocenters. The van der Waals surface area contributed by atoms with Gasteiger partial charge in [-0.25, -0.2) is 8.42 Å². The lowest BCUT2D eigenvalue weighted by atomic mass is 10.2. The second-order valence-corrected chi connectivity index (χ2v) is 7.41. The molecule has 2 rings (SSSR count). The Balaban J connectivity index is 2.19. The number of hydrogen-bond acceptors (Lipinski definition) is 6. The number of nitrogens with one attached hydrogen (secondary N) is 2. The first-order chi connectivity index (χ1) is 11.2. The Hall–Kier alpha value is -2.26. The minimum atomic E-state index is -3.81. The van der Waals surface area contributed by atoms with Crippen molar-refractivity contribution < 1.29 is 17.7 Å². The minimum absolute atomic E-state index is 0.0317. The molecule has 8 nitrogen and oxygen atoms in total. The number of anilines is 1. The van der Waals surface area contributed by atoms with Gasteiger partial charge in [-0.15, -0.1) is 0 Å². The molecule has 130 valence electrons. The third kappa shape index (κ3) is 4.39. The molecule has 1 aromatic heterocycles. The molecule has 0 aliphatic heterocycles. The lowest BCUT2D eigenvalue weighted by Crippen LogP contribution is -2.27. The van der Waals surface area contributed by atoms with E-state index in [-0.39, 0.29) is 22.6 Å². The van der Waals surface area contributed by atoms with Gasteiger partial charge < -0.3 is 9.84 Å². The van der Waals surface area contributed by atoms with Gasteiger partial charge in [-0.05, 0) is 25.1 Å². The second kappa shape index (κ2) is 7.10. The van der Waals surface area contributed by atoms with Gasteiger partial charge in [0.2, 0.25) is 21.8 Å². The Labute approximate surface area is 140 Å². The van der Waals surface area contributed by atoms with Crippen LogP contribution in [0.2, 0.25) is 0 Å². The first-order valence-electron chi connectivity index (χ1n) is 7.42. The molecule has 0 aliphatic rings. The molecule has 2 aromatic rings. The lowest BCUT2D eigenvalue weighted by molar-refractivity contribution is -0.114. The van der Waals surface area contributed by atoms with Gasteiger partial charge in [-0.2, -0.15) is 9.71 Å². The highest BCUT2D eigenvalue weighted by Gasteiger charge is 2.23. The number of sulfonamides is 1. The highest BCUT2D eigenvalue weighted by Crippen LogP contribution is 2.20. The Morgan fingerprint density at radius 2 is 1.96 bits per heavy atom. The van der Waals surface area contributed by atoms with Gasteiger partial charge >= 0.3 is 0 Å². The van der Waals surface area contributed by atoms with E-state index >= 15 is 0 Å². The minimum Gasteiger partial charge on any atom is -0.338 e. The summed E-state index contributed by atoms with van der Waals surface area (Å²) in [6, 6.07) is 5.29. The maximum Gasteiger partial charge on any atom is 0.244 e. The lowest BCUT2D eigenvalue weighted by Gasteiger charge is -2.11. The van der Waals surface area contributed by atoms with E-state index in [0.29, 0.717) is 11.5 Å². The Morgan fingerprint density at radius 1 is 1.25 bits per heavy atom. The van der Waals surface area contributed by atoms with Crippen molar-refractivity contribution >= 4 is 21.6 Å². The van der Waals surface area contributed by atoms with Crippen LogP contribution in [0.25, 0.3) is 0 Å². The van der Waals surface area contributed by atoms with Crippen LogP contribution < -0.4 is 10.0 Å². The molecule has 0 spiro atoms. The molecule has 0 aliphatic carbocycles. The Kier molecular flexibility index (Phi) is 5.35. The van der Waals surface area contributed by atoms with Crippen LogP contribution in [-0.2, 0) is 14.8 Å². The van der Waals surface area contributed by atoms with Gasteiger partial charge in [0.05, 0.1) is 10.9 Å². The standard InChI is InChI=1S/C15H20N4O4S/c1-9(2)14-17-15(23-18-14)10(3)19-24(21,22)13-7-5-6-12(8-13)16-11(4)20/h5-10,19H,1-4H3,(H,16,20)/t10-/m1/s1. The highest BCUT2D eigenvalue weighted by molar-refractivity contribution is 7.89. The number of rotatable bonds is 6. The SMILES string of the molecule is CC(=O)Nc1cccc(S(=O)(=O)N[C@H](C)c2nc(C(C)C)no2)c1. The number of carbonyl (C=O) groups excluding carboxylic acids is 1. The quantitative estimate of drug-likeness (QED) is 0.823. The Morgan fingerprint density at radius 3 is 2.54 bits per heavy atom. The fourth-order valence-corrected chi connectivity index (χ4v) is 3.20. The fourth-order valence-electron chi connectivity index (χ4n) is 1.95. The molecule has 0 fully saturated rings. The molecule has 1 aromatic carbocycles. The van der Waals surface area contributed by atoms with E-state index in [1.54, 1.807) is 19.1 Å². The summed E-state index contributed by atoms with van der Waals surface area (Å²) in [7, 11) is -3.81. The van der Waals surface area contributed by atoms with Gasteiger partial charge in [0.1, 0.15) is 0 Å². The molecule has 1 amide bonds. The maximum absolute atomic E-state index is 12.5. The number of amides is 1. The summed E-state index contributed by atoms with van der Waals surface area (Å²) in [6.45, 7) is 6.80. The van der Waals surface area contributed by atoms with E-state index < -0.39 is 16.1 Å². The zero-order valence-corrected chi connectivity index (χ0v) is 14.7. The van der Waals surface area contributed by atoms with Crippen LogP contribution in [0.1, 0.15) is 51.4 Å². The topological polar surface area (TPSA) is 114 Å². The van der Waals surface area contributed by atoms with E-state index in [2.05, 4.69) is 20.2 Å². The maximum atomic E-state index is 12.5. The van der Waals surface area contributed by atoms with Gasteiger partial charge in [-0.1, -0.05) is 25.1 Å². The predicted octanol–water partition coefficient (Wildman–Crippen LogP) is 2.19. The molecule has 0 unspecified atom stereocenters. The molecule has 1 heterocycles. The first-order valence-corrected chi connectivity index (χ1v) is 8.91. The third-order valence-electron chi connectivity index (χ3n) is 3.14. The molecule has 0 radical (unpaired) electrons. The van der Waals surface area contributed by atoms with Crippen molar-refractivity contribution in [3.05, 3.63) is 36.0 Å². The summed E-state index contributed by atoms with van der Waals surface area (Å²) in [5.74, 6) is 0.516. The van der Waals surface area contributed by atoms with Crippen molar-refractivity contribution in [1.29, 1.82) is 0 Å². The van der Waals surface area contributed by atoms with E-state index in [0.717, 1.165) is 0 Å². The van der Waals surface area contributed by atoms with Crippen molar-refractivity contribution in [2.75, 3.05) is 5.32 Å². The van der Waals surface area contributed by atoms with E-state index in [9.17, 15) is 13.2 Å². The second-order valence-electron chi connectivity index (χ2n) is 5.70. The Bertz CT molecular complexity index is 830. The molecule has 2 N–H and O–H groups in total. The van der Waals surface area contributed by atoms with Gasteiger partial charge in [-0.3, -0.25) is 4.79 Å². The molecule has 24 heavy (non-hydrogen) atoms. The van der Waals surface area contributed by atoms with Crippen LogP contribution in [0.5, 0.6) is 0 Å². The normalized spacial score (nSPS) is 13.0. The average Bonchev–Trinajstić information content (AvgIpc) is 2.96. The first kappa shape index (κ1) is 18.1. The van der Waals surface area contributed by atoms with Crippen LogP contribution in [-0.4, -0.2) is 24.5 Å². The van der Waals surface area contributed by atoms with Crippen LogP contribution >= 0.6 is 0 Å². The van der Waals surface area contributed by atoms with Crippen molar-refractivity contribution in [3.8, 4) is 0 Å². The largest absolute Gasteiger partial charge is 0.338 e. The zero-order chi connectivity index (χ0) is 17.9. The van der Waals surface area contributed by atoms with Gasteiger partial charge in [0.25, 0.3) is 0 Å². The third-order valence-corrected chi connectivity index (χ3v) is 4.68. The van der Waals surface area contributed by atoms with Gasteiger partial charge in [0.15, 0.2) is 5.82 Å². The van der Waals surface area contributed by atoms with Crippen LogP contribution in [0.4, 0.5) is 5.69 Å². The molecule has 0 saturated carbocycles. The zero-order valence-electron chi connectivity index (χ0n) is 13.9. The van der Waals surface area contributed by atoms with Crippen molar-refractivity contribution in [3.63, 3.8) is 0 Å². The number of hydrogen-bond donors (Lipinski definition) is 2. The summed E-state index contributed by atoms with van der Waals surface area (Å²) in [5, 5.41) is 6.36. The van der Waals surface area contributed by atoms with E-state index in [1.165, 1.54) is 19.1 Å². The van der Waals surface area contributed by atoms with Crippen LogP contribution in [0.15, 0.2) is 33.7 Å². The van der Waals surface area contributed by atoms with E-state index in [1.807, 2.05) is 13.8 Å². The number of carbonyl (C=O) groups is 1. The van der Waals surface area contributed by atoms with Crippen molar-refractivity contribution in [2.24, 2.45) is 0 Å². The molecule has 0 bridgehead atoms. The predicted molar refractivity (Wildman–Crippen MR) is 87.9 cm³/mol. The van der Waals surface area contributed by atoms with Crippen LogP contribution in [0, 0.1) is 0 Å². The average molecular weight is 352 g/mol. The fraction of sp³-hybridized carbons (Fsp3) is 0.400. The molecular formula is C15H20N4O4S. The summed E-state index contributed by atoms with van der Waals surface area (Å²) in [5.41, 5.74) is 0.401. The summed E-state index contributed by atoms with van der Waals surface area (Å²) < 4.78 is 32.5. The summed E-state index contributed by atoms with van der Waals surface area (Å²) in [4.78, 5) is 15.3. The van der Waals surface area contributed by atoms with Crippen LogP contribution in [0.3, 0.4) is 0 Å². The summed E-state index contributed by atoms with van der Waals surface area (Å²) >= 11 is 0. The smallest absolute Gasteiger partial charge is 0.244 e. The number of nitrogens with zero attached hydrogens (tertiary/aromatic N) is 2. The van der Waals surface area contributed by atoms with E-state index in [4.69, 9.17) is 4.52 Å². The summed E-state index contributed by atoms with van der Waals surface area (Å²) in [6.07, 6.45) is 0.